The van der Waals surface area contributed by atoms with Gasteiger partial charge in [0.15, 0.2) is 0 Å². The molecule has 0 bridgehead atoms. The predicted molar refractivity (Wildman–Crippen MR) is 166 cm³/mol. The topological polar surface area (TPSA) is 0 Å². The molecule has 0 aliphatic carbocycles. The van der Waals surface area contributed by atoms with Crippen LogP contribution in [-0.2, 0) is 19.3 Å². The van der Waals surface area contributed by atoms with E-state index in [1.807, 2.05) is 7.97 Å². The first-order chi connectivity index (χ1) is 15.7. The zero-order chi connectivity index (χ0) is 24.8. The van der Waals surface area contributed by atoms with E-state index in [1.54, 1.807) is 16.7 Å². The van der Waals surface area contributed by atoms with Gasteiger partial charge in [-0.25, -0.2) is 0 Å². The van der Waals surface area contributed by atoms with Gasteiger partial charge in [-0.3, -0.25) is 0 Å². The minimum Gasteiger partial charge on any atom is -0.0999 e. The SMILES string of the molecule is C=C(C)C(CC(CCC(Cc1ccc(CC)c(CCCCCC)c1)C(C)C)SSI)C(C)C. The molecule has 3 atom stereocenters. The number of aryl methyl sites for hydroxylation is 2. The lowest BCUT2D eigenvalue weighted by Crippen LogP contribution is -2.19. The lowest BCUT2D eigenvalue weighted by atomic mass is 9.81. The number of unbranched alkanes of at least 4 members (excludes halogenated alkanes) is 3. The first-order valence-electron chi connectivity index (χ1n) is 13.4. The minimum absolute atomic E-state index is 0.639. The number of hydrogen-bond acceptors (Lipinski definition) is 2. The van der Waals surface area contributed by atoms with Crippen molar-refractivity contribution >= 4 is 40.0 Å². The molecule has 0 amide bonds. The molecular formula is C30H51IS2. The van der Waals surface area contributed by atoms with Crippen molar-refractivity contribution in [2.75, 3.05) is 0 Å². The van der Waals surface area contributed by atoms with Crippen LogP contribution in [0.3, 0.4) is 0 Å². The van der Waals surface area contributed by atoms with E-state index in [9.17, 15) is 0 Å². The smallest absolute Gasteiger partial charge is 0.0164 e. The Morgan fingerprint density at radius 2 is 1.70 bits per heavy atom. The summed E-state index contributed by atoms with van der Waals surface area (Å²) in [5.41, 5.74) is 6.10. The lowest BCUT2D eigenvalue weighted by molar-refractivity contribution is 0.334. The molecule has 33 heavy (non-hydrogen) atoms. The molecule has 0 radical (unpaired) electrons. The van der Waals surface area contributed by atoms with Crippen molar-refractivity contribution in [2.45, 2.75) is 118 Å². The van der Waals surface area contributed by atoms with Gasteiger partial charge in [0.25, 0.3) is 0 Å². The molecule has 190 valence electrons. The average Bonchev–Trinajstić information content (AvgIpc) is 2.76. The maximum atomic E-state index is 4.30. The van der Waals surface area contributed by atoms with E-state index in [4.69, 9.17) is 0 Å². The van der Waals surface area contributed by atoms with Gasteiger partial charge < -0.3 is 0 Å². The Labute approximate surface area is 227 Å². The van der Waals surface area contributed by atoms with Crippen LogP contribution >= 0.6 is 40.0 Å². The predicted octanol–water partition coefficient (Wildman–Crippen LogP) is 11.3. The van der Waals surface area contributed by atoms with E-state index >= 15 is 0 Å². The largest absolute Gasteiger partial charge is 0.0999 e. The van der Waals surface area contributed by atoms with Crippen LogP contribution in [0.2, 0.25) is 0 Å². The van der Waals surface area contributed by atoms with Crippen LogP contribution in [0.1, 0.15) is 110 Å². The normalized spacial score (nSPS) is 14.6. The molecule has 0 aromatic heterocycles. The third-order valence-corrected chi connectivity index (χ3v) is 11.1. The van der Waals surface area contributed by atoms with Crippen LogP contribution in [0.25, 0.3) is 0 Å². The summed E-state index contributed by atoms with van der Waals surface area (Å²) >= 11 is 2.46. The first kappa shape index (κ1) is 31.4. The van der Waals surface area contributed by atoms with Crippen molar-refractivity contribution in [1.82, 2.24) is 0 Å². The van der Waals surface area contributed by atoms with Crippen LogP contribution in [-0.4, -0.2) is 5.25 Å². The highest BCUT2D eigenvalue weighted by Gasteiger charge is 2.23. The Balaban J connectivity index is 2.84. The van der Waals surface area contributed by atoms with Crippen molar-refractivity contribution in [3.63, 3.8) is 0 Å². The highest BCUT2D eigenvalue weighted by atomic mass is 127. The molecule has 0 aliphatic heterocycles. The van der Waals surface area contributed by atoms with E-state index in [1.165, 1.54) is 63.4 Å². The van der Waals surface area contributed by atoms with Crippen LogP contribution in [0.4, 0.5) is 0 Å². The first-order valence-corrected chi connectivity index (χ1v) is 18.2. The fourth-order valence-electron chi connectivity index (χ4n) is 5.08. The number of rotatable bonds is 18. The summed E-state index contributed by atoms with van der Waals surface area (Å²) in [6.07, 6.45) is 12.9. The van der Waals surface area contributed by atoms with Gasteiger partial charge >= 0.3 is 0 Å². The van der Waals surface area contributed by atoms with Crippen LogP contribution < -0.4 is 0 Å². The monoisotopic (exact) mass is 602 g/mol. The molecule has 3 unspecified atom stereocenters. The quantitative estimate of drug-likeness (QED) is 0.0709. The van der Waals surface area contributed by atoms with E-state index in [0.29, 0.717) is 17.1 Å². The highest BCUT2D eigenvalue weighted by Crippen LogP contribution is 2.41. The summed E-state index contributed by atoms with van der Waals surface area (Å²) in [6.45, 7) is 20.7. The third-order valence-electron chi connectivity index (χ3n) is 7.38. The fraction of sp³-hybridized carbons (Fsp3) is 0.733. The van der Waals surface area contributed by atoms with Gasteiger partial charge in [-0.1, -0.05) is 102 Å². The molecule has 0 fully saturated rings. The maximum Gasteiger partial charge on any atom is 0.0164 e. The van der Waals surface area contributed by atoms with Crippen molar-refractivity contribution in [2.24, 2.45) is 23.7 Å². The third kappa shape index (κ3) is 12.3. The highest BCUT2D eigenvalue weighted by molar-refractivity contribution is 14.2. The van der Waals surface area contributed by atoms with Gasteiger partial charge in [-0.15, -0.1) is 0 Å². The van der Waals surface area contributed by atoms with Crippen molar-refractivity contribution < 1.29 is 0 Å². The van der Waals surface area contributed by atoms with Gasteiger partial charge in [0, 0.05) is 26.5 Å². The summed E-state index contributed by atoms with van der Waals surface area (Å²) in [5.74, 6) is 2.80. The molecule has 0 N–H and O–H groups in total. The Morgan fingerprint density at radius 1 is 0.970 bits per heavy atom. The standard InChI is InChI=1S/C30H51IS2/c1-9-11-12-13-14-28-20-25(15-16-26(28)10-2)19-27(22(3)4)17-18-29(32-33-31)21-30(23(5)6)24(7)8/h15-16,20,22,24,27,29-30H,5,9-14,17-19,21H2,1-4,6-8H3. The minimum atomic E-state index is 0.639. The summed E-state index contributed by atoms with van der Waals surface area (Å²) < 4.78 is 0. The second kappa shape index (κ2) is 17.8. The van der Waals surface area contributed by atoms with Crippen molar-refractivity contribution in [3.05, 3.63) is 47.0 Å². The number of halogens is 1. The van der Waals surface area contributed by atoms with Crippen LogP contribution in [0, 0.1) is 23.7 Å². The molecule has 0 spiro atoms. The van der Waals surface area contributed by atoms with Gasteiger partial charge in [-0.05, 0) is 100 Å². The Kier molecular flexibility index (Phi) is 16.9. The van der Waals surface area contributed by atoms with Gasteiger partial charge in [0.05, 0.1) is 0 Å². The molecular weight excluding hydrogens is 551 g/mol. The molecule has 0 saturated heterocycles. The van der Waals surface area contributed by atoms with Crippen LogP contribution in [0.15, 0.2) is 30.4 Å². The van der Waals surface area contributed by atoms with Gasteiger partial charge in [-0.2, -0.15) is 0 Å². The van der Waals surface area contributed by atoms with Crippen molar-refractivity contribution in [1.29, 1.82) is 0 Å². The summed E-state index contributed by atoms with van der Waals surface area (Å²) in [6, 6.07) is 7.41. The average molecular weight is 603 g/mol. The summed E-state index contributed by atoms with van der Waals surface area (Å²) in [7, 11) is 4.00. The second-order valence-electron chi connectivity index (χ2n) is 10.8. The number of allylic oxidation sites excluding steroid dienone is 1. The Hall–Kier alpha value is 0.390. The van der Waals surface area contributed by atoms with Gasteiger partial charge in [0.1, 0.15) is 0 Å². The summed E-state index contributed by atoms with van der Waals surface area (Å²) in [5, 5.41) is 0.717. The zero-order valence-corrected chi connectivity index (χ0v) is 26.4. The van der Waals surface area contributed by atoms with Crippen LogP contribution in [0.5, 0.6) is 0 Å². The Morgan fingerprint density at radius 3 is 2.24 bits per heavy atom. The molecule has 1 aromatic rings. The number of benzene rings is 1. The molecule has 0 saturated carbocycles. The molecule has 3 heteroatoms. The molecule has 0 heterocycles. The zero-order valence-electron chi connectivity index (χ0n) is 22.6. The van der Waals surface area contributed by atoms with E-state index in [2.05, 4.69) is 105 Å². The van der Waals surface area contributed by atoms with Crippen molar-refractivity contribution in [3.8, 4) is 0 Å². The van der Waals surface area contributed by atoms with Gasteiger partial charge in [0.2, 0.25) is 0 Å². The molecule has 0 nitrogen and oxygen atoms in total. The fourth-order valence-corrected chi connectivity index (χ4v) is 9.18. The lowest BCUT2D eigenvalue weighted by Gasteiger charge is -2.28. The number of hydrogen-bond donors (Lipinski definition) is 0. The van der Waals surface area contributed by atoms with E-state index < -0.39 is 0 Å². The maximum absolute atomic E-state index is 4.30. The second-order valence-corrected chi connectivity index (χ2v) is 15.9. The summed E-state index contributed by atoms with van der Waals surface area (Å²) in [4.78, 5) is 0. The molecule has 1 rings (SSSR count). The van der Waals surface area contributed by atoms with E-state index in [-0.39, 0.29) is 0 Å². The molecule has 1 aromatic carbocycles. The Bertz CT molecular complexity index is 667. The molecule has 0 aliphatic rings. The van der Waals surface area contributed by atoms with E-state index in [0.717, 1.165) is 18.3 Å².